The highest BCUT2D eigenvalue weighted by Gasteiger charge is 2.30. The van der Waals surface area contributed by atoms with Crippen LogP contribution in [0.4, 0.5) is 0 Å². The standard InChI is InChI=1S/C16H19N3O2/c1-18-8-7-14(9-15(18)20)16(21)19(2)11-13-5-3-12(10-17)4-6-13/h3-6,14H,7-9,11H2,1-2H3/t14-/m1/s1. The molecular weight excluding hydrogens is 266 g/mol. The topological polar surface area (TPSA) is 64.4 Å². The number of piperidine rings is 1. The van der Waals surface area contributed by atoms with Gasteiger partial charge in [-0.05, 0) is 24.1 Å². The van der Waals surface area contributed by atoms with Gasteiger partial charge in [-0.2, -0.15) is 5.26 Å². The van der Waals surface area contributed by atoms with E-state index in [1.807, 2.05) is 12.1 Å². The summed E-state index contributed by atoms with van der Waals surface area (Å²) in [6.45, 7) is 1.13. The fraction of sp³-hybridized carbons (Fsp3) is 0.438. The van der Waals surface area contributed by atoms with Crippen molar-refractivity contribution in [3.05, 3.63) is 35.4 Å². The average molecular weight is 285 g/mol. The first-order chi connectivity index (χ1) is 10.0. The first kappa shape index (κ1) is 15.0. The summed E-state index contributed by atoms with van der Waals surface area (Å²) in [6.07, 6.45) is 1.02. The van der Waals surface area contributed by atoms with Crippen LogP contribution in [0.5, 0.6) is 0 Å². The van der Waals surface area contributed by atoms with Crippen molar-refractivity contribution in [2.24, 2.45) is 5.92 Å². The van der Waals surface area contributed by atoms with Crippen LogP contribution in [-0.4, -0.2) is 42.3 Å². The molecule has 110 valence electrons. The number of benzene rings is 1. The van der Waals surface area contributed by atoms with Gasteiger partial charge in [0.1, 0.15) is 0 Å². The van der Waals surface area contributed by atoms with Crippen molar-refractivity contribution in [1.82, 2.24) is 9.80 Å². The molecule has 1 atom stereocenters. The van der Waals surface area contributed by atoms with E-state index in [0.717, 1.165) is 12.0 Å². The predicted octanol–water partition coefficient (Wildman–Crippen LogP) is 1.39. The molecule has 1 aliphatic rings. The van der Waals surface area contributed by atoms with Gasteiger partial charge >= 0.3 is 0 Å². The molecule has 0 unspecified atom stereocenters. The largest absolute Gasteiger partial charge is 0.346 e. The summed E-state index contributed by atoms with van der Waals surface area (Å²) in [4.78, 5) is 27.4. The maximum Gasteiger partial charge on any atom is 0.226 e. The number of likely N-dealkylation sites (tertiary alicyclic amines) is 1. The monoisotopic (exact) mass is 285 g/mol. The van der Waals surface area contributed by atoms with E-state index in [9.17, 15) is 9.59 Å². The van der Waals surface area contributed by atoms with Crippen molar-refractivity contribution in [2.75, 3.05) is 20.6 Å². The molecule has 21 heavy (non-hydrogen) atoms. The number of nitriles is 1. The molecule has 1 aromatic carbocycles. The Labute approximate surface area is 124 Å². The highest BCUT2D eigenvalue weighted by Crippen LogP contribution is 2.20. The molecule has 0 spiro atoms. The summed E-state index contributed by atoms with van der Waals surface area (Å²) in [6, 6.07) is 9.25. The van der Waals surface area contributed by atoms with E-state index in [1.165, 1.54) is 0 Å². The molecular formula is C16H19N3O2. The Bertz CT molecular complexity index is 574. The zero-order valence-electron chi connectivity index (χ0n) is 12.4. The number of carbonyl (C=O) groups excluding carboxylic acids is 2. The molecule has 0 aromatic heterocycles. The number of hydrogen-bond acceptors (Lipinski definition) is 3. The van der Waals surface area contributed by atoms with Crippen LogP contribution in [0, 0.1) is 17.2 Å². The third-order valence-electron chi connectivity index (χ3n) is 3.89. The number of rotatable bonds is 3. The van der Waals surface area contributed by atoms with Gasteiger partial charge < -0.3 is 9.80 Å². The van der Waals surface area contributed by atoms with Gasteiger partial charge in [0, 0.05) is 39.5 Å². The Balaban J connectivity index is 1.96. The summed E-state index contributed by atoms with van der Waals surface area (Å²) in [5, 5.41) is 8.76. The smallest absolute Gasteiger partial charge is 0.226 e. The molecule has 1 saturated heterocycles. The first-order valence-electron chi connectivity index (χ1n) is 6.99. The van der Waals surface area contributed by atoms with Crippen molar-refractivity contribution in [2.45, 2.75) is 19.4 Å². The Hall–Kier alpha value is -2.35. The van der Waals surface area contributed by atoms with Gasteiger partial charge in [0.05, 0.1) is 11.6 Å². The molecule has 0 N–H and O–H groups in total. The molecule has 0 aliphatic carbocycles. The number of amides is 2. The molecule has 2 amide bonds. The van der Waals surface area contributed by atoms with Crippen molar-refractivity contribution in [3.63, 3.8) is 0 Å². The number of hydrogen-bond donors (Lipinski definition) is 0. The summed E-state index contributed by atoms with van der Waals surface area (Å²) in [5.41, 5.74) is 1.58. The fourth-order valence-electron chi connectivity index (χ4n) is 2.50. The van der Waals surface area contributed by atoms with Crippen LogP contribution in [-0.2, 0) is 16.1 Å². The summed E-state index contributed by atoms with van der Waals surface area (Å²) < 4.78 is 0. The van der Waals surface area contributed by atoms with Crippen LogP contribution in [0.15, 0.2) is 24.3 Å². The molecule has 0 bridgehead atoms. The zero-order valence-corrected chi connectivity index (χ0v) is 12.4. The summed E-state index contributed by atoms with van der Waals surface area (Å²) in [7, 11) is 3.52. The van der Waals surface area contributed by atoms with Gasteiger partial charge in [-0.3, -0.25) is 9.59 Å². The molecule has 1 fully saturated rings. The maximum absolute atomic E-state index is 12.4. The van der Waals surface area contributed by atoms with Gasteiger partial charge in [-0.25, -0.2) is 0 Å². The summed E-state index contributed by atoms with van der Waals surface area (Å²) in [5.74, 6) is -0.163. The normalized spacial score (nSPS) is 18.2. The molecule has 5 heteroatoms. The molecule has 1 aliphatic heterocycles. The highest BCUT2D eigenvalue weighted by atomic mass is 16.2. The van der Waals surface area contributed by atoms with Crippen molar-refractivity contribution in [3.8, 4) is 6.07 Å². The van der Waals surface area contributed by atoms with Gasteiger partial charge in [-0.15, -0.1) is 0 Å². The van der Waals surface area contributed by atoms with E-state index in [1.54, 1.807) is 36.0 Å². The molecule has 0 radical (unpaired) electrons. The molecule has 1 heterocycles. The minimum absolute atomic E-state index is 0.0146. The second-order valence-electron chi connectivity index (χ2n) is 5.51. The second-order valence-corrected chi connectivity index (χ2v) is 5.51. The van der Waals surface area contributed by atoms with Crippen LogP contribution in [0.25, 0.3) is 0 Å². The van der Waals surface area contributed by atoms with E-state index in [4.69, 9.17) is 5.26 Å². The lowest BCUT2D eigenvalue weighted by atomic mass is 9.95. The third kappa shape index (κ3) is 3.60. The van der Waals surface area contributed by atoms with Gasteiger partial charge in [-0.1, -0.05) is 12.1 Å². The Morgan fingerprint density at radius 1 is 1.43 bits per heavy atom. The van der Waals surface area contributed by atoms with Crippen molar-refractivity contribution in [1.29, 1.82) is 5.26 Å². The van der Waals surface area contributed by atoms with Gasteiger partial charge in [0.2, 0.25) is 11.8 Å². The molecule has 0 saturated carbocycles. The first-order valence-corrected chi connectivity index (χ1v) is 6.99. The van der Waals surface area contributed by atoms with Crippen molar-refractivity contribution < 1.29 is 9.59 Å². The van der Waals surface area contributed by atoms with E-state index in [-0.39, 0.29) is 17.7 Å². The van der Waals surface area contributed by atoms with Crippen LogP contribution < -0.4 is 0 Å². The highest BCUT2D eigenvalue weighted by molar-refractivity contribution is 5.86. The van der Waals surface area contributed by atoms with Crippen LogP contribution in [0.1, 0.15) is 24.0 Å². The van der Waals surface area contributed by atoms with E-state index < -0.39 is 0 Å². The Morgan fingerprint density at radius 3 is 2.67 bits per heavy atom. The maximum atomic E-state index is 12.4. The zero-order chi connectivity index (χ0) is 15.4. The summed E-state index contributed by atoms with van der Waals surface area (Å²) >= 11 is 0. The fourth-order valence-corrected chi connectivity index (χ4v) is 2.50. The van der Waals surface area contributed by atoms with Crippen LogP contribution >= 0.6 is 0 Å². The Kier molecular flexibility index (Phi) is 4.59. The lowest BCUT2D eigenvalue weighted by molar-refractivity contribution is -0.143. The third-order valence-corrected chi connectivity index (χ3v) is 3.89. The van der Waals surface area contributed by atoms with E-state index in [2.05, 4.69) is 6.07 Å². The SMILES string of the molecule is CN1CC[C@@H](C(=O)N(C)Cc2ccc(C#N)cc2)CC1=O. The predicted molar refractivity (Wildman–Crippen MR) is 78.0 cm³/mol. The second kappa shape index (κ2) is 6.40. The average Bonchev–Trinajstić information content (AvgIpc) is 2.50. The minimum Gasteiger partial charge on any atom is -0.346 e. The quantitative estimate of drug-likeness (QED) is 0.843. The van der Waals surface area contributed by atoms with Gasteiger partial charge in [0.25, 0.3) is 0 Å². The lowest BCUT2D eigenvalue weighted by Gasteiger charge is -2.30. The van der Waals surface area contributed by atoms with Crippen molar-refractivity contribution >= 4 is 11.8 Å². The minimum atomic E-state index is -0.211. The molecule has 1 aromatic rings. The molecule has 2 rings (SSSR count). The van der Waals surface area contributed by atoms with E-state index in [0.29, 0.717) is 25.1 Å². The van der Waals surface area contributed by atoms with Gasteiger partial charge in [0.15, 0.2) is 0 Å². The number of nitrogens with zero attached hydrogens (tertiary/aromatic N) is 3. The Morgan fingerprint density at radius 2 is 2.10 bits per heavy atom. The lowest BCUT2D eigenvalue weighted by Crippen LogP contribution is -2.42. The molecule has 5 nitrogen and oxygen atoms in total. The van der Waals surface area contributed by atoms with Crippen LogP contribution in [0.3, 0.4) is 0 Å². The van der Waals surface area contributed by atoms with E-state index >= 15 is 0 Å². The number of carbonyl (C=O) groups is 2. The van der Waals surface area contributed by atoms with Crippen LogP contribution in [0.2, 0.25) is 0 Å².